The molecule has 1 atom stereocenters. The molecule has 1 unspecified atom stereocenters. The van der Waals surface area contributed by atoms with Gasteiger partial charge in [0.15, 0.2) is 9.84 Å². The summed E-state index contributed by atoms with van der Waals surface area (Å²) in [5, 5.41) is 13.2. The van der Waals surface area contributed by atoms with E-state index in [1.165, 1.54) is 0 Å². The first-order valence-electron chi connectivity index (χ1n) is 6.06. The third-order valence-electron chi connectivity index (χ3n) is 2.89. The maximum absolute atomic E-state index is 11.3. The van der Waals surface area contributed by atoms with Gasteiger partial charge in [0.25, 0.3) is 0 Å². The third kappa shape index (κ3) is 4.76. The number of rotatable bonds is 7. The third-order valence-corrected chi connectivity index (χ3v) is 4.60. The lowest BCUT2D eigenvalue weighted by Crippen LogP contribution is -2.37. The number of aliphatic hydroxyl groups is 1. The van der Waals surface area contributed by atoms with Crippen LogP contribution in [-0.2, 0) is 15.4 Å². The molecule has 18 heavy (non-hydrogen) atoms. The molecule has 0 fully saturated rings. The van der Waals surface area contributed by atoms with Crippen LogP contribution in [0.4, 0.5) is 0 Å². The van der Waals surface area contributed by atoms with Gasteiger partial charge in [0, 0.05) is 18.8 Å². The molecule has 1 aromatic rings. The van der Waals surface area contributed by atoms with E-state index in [0.29, 0.717) is 13.1 Å². The fourth-order valence-electron chi connectivity index (χ4n) is 1.60. The predicted molar refractivity (Wildman–Crippen MR) is 73.2 cm³/mol. The molecule has 0 saturated carbocycles. The second kappa shape index (κ2) is 6.31. The maximum atomic E-state index is 11.3. The Morgan fingerprint density at radius 2 is 1.89 bits per heavy atom. The molecule has 1 rings (SSSR count). The maximum Gasteiger partial charge on any atom is 0.151 e. The highest BCUT2D eigenvalue weighted by molar-refractivity contribution is 7.91. The number of sulfone groups is 1. The van der Waals surface area contributed by atoms with E-state index in [2.05, 4.69) is 5.32 Å². The molecule has 0 aliphatic rings. The molecule has 102 valence electrons. The molecule has 0 aromatic heterocycles. The van der Waals surface area contributed by atoms with Crippen LogP contribution in [0.5, 0.6) is 0 Å². The minimum Gasteiger partial charge on any atom is -0.384 e. The summed E-state index contributed by atoms with van der Waals surface area (Å²) >= 11 is 0. The molecule has 0 heterocycles. The molecular formula is C13H21NO3S. The fraction of sp³-hybridized carbons (Fsp3) is 0.538. The SMILES string of the molecule is CCS(=O)(=O)CCNCC(C)(O)c1ccccc1. The zero-order valence-corrected chi connectivity index (χ0v) is 11.7. The summed E-state index contributed by atoms with van der Waals surface area (Å²) in [4.78, 5) is 0. The van der Waals surface area contributed by atoms with Crippen LogP contribution in [0.25, 0.3) is 0 Å². The average Bonchev–Trinajstić information content (AvgIpc) is 2.36. The van der Waals surface area contributed by atoms with E-state index < -0.39 is 15.4 Å². The smallest absolute Gasteiger partial charge is 0.151 e. The van der Waals surface area contributed by atoms with Crippen LogP contribution in [0.3, 0.4) is 0 Å². The lowest BCUT2D eigenvalue weighted by atomic mass is 9.96. The van der Waals surface area contributed by atoms with Crippen molar-refractivity contribution in [1.29, 1.82) is 0 Å². The average molecular weight is 271 g/mol. The summed E-state index contributed by atoms with van der Waals surface area (Å²) in [5.74, 6) is 0.262. The number of hydrogen-bond donors (Lipinski definition) is 2. The van der Waals surface area contributed by atoms with Gasteiger partial charge in [-0.15, -0.1) is 0 Å². The van der Waals surface area contributed by atoms with Crippen LogP contribution in [0.1, 0.15) is 19.4 Å². The first-order chi connectivity index (χ1) is 8.37. The lowest BCUT2D eigenvalue weighted by Gasteiger charge is -2.24. The van der Waals surface area contributed by atoms with Crippen LogP contribution in [0.2, 0.25) is 0 Å². The molecule has 0 bridgehead atoms. The Morgan fingerprint density at radius 1 is 1.28 bits per heavy atom. The van der Waals surface area contributed by atoms with Gasteiger partial charge in [-0.25, -0.2) is 8.42 Å². The van der Waals surface area contributed by atoms with Crippen molar-refractivity contribution in [2.75, 3.05) is 24.6 Å². The summed E-state index contributed by atoms with van der Waals surface area (Å²) in [7, 11) is -2.95. The van der Waals surface area contributed by atoms with Gasteiger partial charge in [-0.1, -0.05) is 37.3 Å². The molecule has 0 aliphatic heterocycles. The quantitative estimate of drug-likeness (QED) is 0.724. The molecule has 2 N–H and O–H groups in total. The molecule has 0 amide bonds. The highest BCUT2D eigenvalue weighted by atomic mass is 32.2. The molecule has 5 heteroatoms. The largest absolute Gasteiger partial charge is 0.384 e. The Hall–Kier alpha value is -0.910. The summed E-state index contributed by atoms with van der Waals surface area (Å²) in [5.41, 5.74) is -0.173. The van der Waals surface area contributed by atoms with Crippen molar-refractivity contribution in [3.63, 3.8) is 0 Å². The molecule has 4 nitrogen and oxygen atoms in total. The van der Waals surface area contributed by atoms with Crippen molar-refractivity contribution in [3.05, 3.63) is 35.9 Å². The molecule has 0 radical (unpaired) electrons. The van der Waals surface area contributed by atoms with E-state index in [0.717, 1.165) is 5.56 Å². The zero-order valence-electron chi connectivity index (χ0n) is 10.9. The zero-order chi connectivity index (χ0) is 13.6. The van der Waals surface area contributed by atoms with E-state index in [4.69, 9.17) is 0 Å². The van der Waals surface area contributed by atoms with Gasteiger partial charge in [0.05, 0.1) is 11.4 Å². The molecule has 0 aliphatic carbocycles. The first-order valence-corrected chi connectivity index (χ1v) is 7.88. The van der Waals surface area contributed by atoms with Crippen LogP contribution < -0.4 is 5.32 Å². The Balaban J connectivity index is 2.44. The Morgan fingerprint density at radius 3 is 2.44 bits per heavy atom. The summed E-state index contributed by atoms with van der Waals surface area (Å²) < 4.78 is 22.6. The topological polar surface area (TPSA) is 66.4 Å². The first kappa shape index (κ1) is 15.1. The van der Waals surface area contributed by atoms with Crippen LogP contribution >= 0.6 is 0 Å². The Kier molecular flexibility index (Phi) is 5.31. The van der Waals surface area contributed by atoms with Gasteiger partial charge in [-0.2, -0.15) is 0 Å². The minimum absolute atomic E-state index is 0.106. The van der Waals surface area contributed by atoms with Gasteiger partial charge in [-0.05, 0) is 12.5 Å². The summed E-state index contributed by atoms with van der Waals surface area (Å²) in [6.45, 7) is 4.04. The van der Waals surface area contributed by atoms with Crippen LogP contribution in [0.15, 0.2) is 30.3 Å². The van der Waals surface area contributed by atoms with E-state index in [-0.39, 0.29) is 11.5 Å². The normalized spacial score (nSPS) is 15.3. The number of hydrogen-bond acceptors (Lipinski definition) is 4. The molecular weight excluding hydrogens is 250 g/mol. The van der Waals surface area contributed by atoms with Gasteiger partial charge in [0.1, 0.15) is 0 Å². The van der Waals surface area contributed by atoms with Crippen molar-refractivity contribution >= 4 is 9.84 Å². The van der Waals surface area contributed by atoms with Crippen molar-refractivity contribution in [2.24, 2.45) is 0 Å². The summed E-state index contributed by atoms with van der Waals surface area (Å²) in [6.07, 6.45) is 0. The van der Waals surface area contributed by atoms with Crippen LogP contribution in [0, 0.1) is 0 Å². The summed E-state index contributed by atoms with van der Waals surface area (Å²) in [6, 6.07) is 9.33. The second-order valence-electron chi connectivity index (χ2n) is 4.55. The lowest BCUT2D eigenvalue weighted by molar-refractivity contribution is 0.0576. The molecule has 0 spiro atoms. The second-order valence-corrected chi connectivity index (χ2v) is 7.03. The van der Waals surface area contributed by atoms with Gasteiger partial charge >= 0.3 is 0 Å². The van der Waals surface area contributed by atoms with E-state index in [1.54, 1.807) is 13.8 Å². The minimum atomic E-state index is -2.95. The number of benzene rings is 1. The molecule has 0 saturated heterocycles. The highest BCUT2D eigenvalue weighted by Crippen LogP contribution is 2.18. The van der Waals surface area contributed by atoms with Gasteiger partial charge in [-0.3, -0.25) is 0 Å². The van der Waals surface area contributed by atoms with E-state index >= 15 is 0 Å². The monoisotopic (exact) mass is 271 g/mol. The van der Waals surface area contributed by atoms with Crippen molar-refractivity contribution in [2.45, 2.75) is 19.4 Å². The Bertz CT molecular complexity index is 454. The van der Waals surface area contributed by atoms with E-state index in [1.807, 2.05) is 30.3 Å². The van der Waals surface area contributed by atoms with Crippen molar-refractivity contribution < 1.29 is 13.5 Å². The Labute approximate surface area is 109 Å². The standard InChI is InChI=1S/C13H21NO3S/c1-3-18(16,17)10-9-14-11-13(2,15)12-7-5-4-6-8-12/h4-8,14-15H,3,9-11H2,1-2H3. The van der Waals surface area contributed by atoms with Gasteiger partial charge in [0.2, 0.25) is 0 Å². The molecule has 1 aromatic carbocycles. The fourth-order valence-corrected chi connectivity index (χ4v) is 2.35. The van der Waals surface area contributed by atoms with Crippen LogP contribution in [-0.4, -0.2) is 38.1 Å². The predicted octanol–water partition coefficient (Wildman–Crippen LogP) is 0.918. The highest BCUT2D eigenvalue weighted by Gasteiger charge is 2.22. The van der Waals surface area contributed by atoms with Crippen molar-refractivity contribution in [1.82, 2.24) is 5.32 Å². The number of nitrogens with one attached hydrogen (secondary N) is 1. The van der Waals surface area contributed by atoms with E-state index in [9.17, 15) is 13.5 Å². The van der Waals surface area contributed by atoms with Gasteiger partial charge < -0.3 is 10.4 Å². The van der Waals surface area contributed by atoms with Crippen molar-refractivity contribution in [3.8, 4) is 0 Å².